The highest BCUT2D eigenvalue weighted by atomic mass is 14.2. The fraction of sp³-hybridized carbons (Fsp3) is 0.733. The maximum atomic E-state index is 2.40. The molecule has 0 aromatic rings. The van der Waals surface area contributed by atoms with Crippen molar-refractivity contribution < 1.29 is 0 Å². The van der Waals surface area contributed by atoms with Crippen molar-refractivity contribution in [3.63, 3.8) is 0 Å². The topological polar surface area (TPSA) is 0 Å². The first-order valence-electron chi connectivity index (χ1n) is 5.88. The molecule has 0 spiro atoms. The summed E-state index contributed by atoms with van der Waals surface area (Å²) in [4.78, 5) is 0. The Hall–Kier alpha value is -0.520. The zero-order valence-electron chi connectivity index (χ0n) is 11.9. The maximum Gasteiger partial charge on any atom is -0.0135 e. The predicted molar refractivity (Wildman–Crippen MR) is 71.0 cm³/mol. The Morgan fingerprint density at radius 1 is 0.933 bits per heavy atom. The second-order valence-corrected chi connectivity index (χ2v) is 6.90. The molecule has 0 fully saturated rings. The molecular weight excluding hydrogens is 180 g/mol. The van der Waals surface area contributed by atoms with E-state index in [2.05, 4.69) is 67.5 Å². The average molecular weight is 208 g/mol. The summed E-state index contributed by atoms with van der Waals surface area (Å²) in [6, 6.07) is 0. The summed E-state index contributed by atoms with van der Waals surface area (Å²) in [7, 11) is 0. The van der Waals surface area contributed by atoms with E-state index in [1.165, 1.54) is 11.1 Å². The molecule has 0 heteroatoms. The lowest BCUT2D eigenvalue weighted by atomic mass is 9.82. The van der Waals surface area contributed by atoms with Gasteiger partial charge in [0.05, 0.1) is 0 Å². The maximum absolute atomic E-state index is 2.40. The van der Waals surface area contributed by atoms with Crippen LogP contribution in [-0.2, 0) is 0 Å². The van der Waals surface area contributed by atoms with Gasteiger partial charge in [-0.1, -0.05) is 59.3 Å². The minimum Gasteiger partial charge on any atom is -0.0803 e. The molecule has 15 heavy (non-hydrogen) atoms. The Labute approximate surface area is 96.5 Å². The van der Waals surface area contributed by atoms with Gasteiger partial charge in [0, 0.05) is 0 Å². The van der Waals surface area contributed by atoms with Gasteiger partial charge in [0.1, 0.15) is 0 Å². The van der Waals surface area contributed by atoms with E-state index in [0.29, 0.717) is 5.41 Å². The summed E-state index contributed by atoms with van der Waals surface area (Å²) in [6.45, 7) is 18.0. The van der Waals surface area contributed by atoms with Gasteiger partial charge in [-0.15, -0.1) is 0 Å². The summed E-state index contributed by atoms with van der Waals surface area (Å²) >= 11 is 0. The van der Waals surface area contributed by atoms with Gasteiger partial charge < -0.3 is 0 Å². The zero-order chi connectivity index (χ0) is 12.3. The van der Waals surface area contributed by atoms with Gasteiger partial charge in [0.15, 0.2) is 0 Å². The third-order valence-corrected chi connectivity index (χ3v) is 2.24. The highest BCUT2D eigenvalue weighted by molar-refractivity contribution is 5.27. The van der Waals surface area contributed by atoms with Crippen molar-refractivity contribution in [2.45, 2.75) is 61.8 Å². The Bertz CT molecular complexity index is 247. The van der Waals surface area contributed by atoms with Gasteiger partial charge in [-0.25, -0.2) is 0 Å². The third-order valence-electron chi connectivity index (χ3n) is 2.24. The van der Waals surface area contributed by atoms with Crippen molar-refractivity contribution in [3.05, 3.63) is 23.3 Å². The van der Waals surface area contributed by atoms with Gasteiger partial charge in [0.25, 0.3) is 0 Å². The standard InChI is InChI=1S/C15H28/c1-12(2)11-13(15(6,7)8)9-10-14(3,4)5/h9,11H,10H2,1-8H3/b13-9+. The van der Waals surface area contributed by atoms with Crippen molar-refractivity contribution in [2.24, 2.45) is 10.8 Å². The summed E-state index contributed by atoms with van der Waals surface area (Å²) < 4.78 is 0. The normalized spacial score (nSPS) is 14.0. The molecule has 88 valence electrons. The van der Waals surface area contributed by atoms with Crippen LogP contribution in [0.2, 0.25) is 0 Å². The molecule has 0 aliphatic rings. The highest BCUT2D eigenvalue weighted by Crippen LogP contribution is 2.30. The van der Waals surface area contributed by atoms with Crippen LogP contribution in [0.4, 0.5) is 0 Å². The molecular formula is C15H28. The Balaban J connectivity index is 4.89. The van der Waals surface area contributed by atoms with E-state index in [4.69, 9.17) is 0 Å². The number of hydrogen-bond acceptors (Lipinski definition) is 0. The molecule has 0 aromatic heterocycles. The number of rotatable bonds is 2. The fourth-order valence-corrected chi connectivity index (χ4v) is 1.31. The number of allylic oxidation sites excluding steroid dienone is 4. The van der Waals surface area contributed by atoms with E-state index in [-0.39, 0.29) is 5.41 Å². The van der Waals surface area contributed by atoms with E-state index in [1.807, 2.05) is 0 Å². The lowest BCUT2D eigenvalue weighted by molar-refractivity contribution is 0.414. The fourth-order valence-electron chi connectivity index (χ4n) is 1.31. The first-order chi connectivity index (χ1) is 6.52. The predicted octanol–water partition coefficient (Wildman–Crippen LogP) is 5.36. The van der Waals surface area contributed by atoms with Crippen LogP contribution >= 0.6 is 0 Å². The Morgan fingerprint density at radius 3 is 1.67 bits per heavy atom. The molecule has 0 nitrogen and oxygen atoms in total. The molecule has 0 saturated heterocycles. The molecule has 0 amide bonds. The molecule has 0 bridgehead atoms. The minimum absolute atomic E-state index is 0.253. The molecule has 0 radical (unpaired) electrons. The quantitative estimate of drug-likeness (QED) is 0.536. The Morgan fingerprint density at radius 2 is 1.40 bits per heavy atom. The molecule has 0 rings (SSSR count). The summed E-state index contributed by atoms with van der Waals surface area (Å²) in [5.41, 5.74) is 3.47. The second-order valence-electron chi connectivity index (χ2n) is 6.90. The SMILES string of the molecule is CC(C)=C/C(=C\CC(C)(C)C)C(C)(C)C. The van der Waals surface area contributed by atoms with Crippen molar-refractivity contribution >= 4 is 0 Å². The number of hydrogen-bond donors (Lipinski definition) is 0. The minimum atomic E-state index is 0.253. The van der Waals surface area contributed by atoms with Crippen LogP contribution in [0.5, 0.6) is 0 Å². The summed E-state index contributed by atoms with van der Waals surface area (Å²) in [5, 5.41) is 0. The average Bonchev–Trinajstić information content (AvgIpc) is 1.93. The van der Waals surface area contributed by atoms with Crippen LogP contribution in [-0.4, -0.2) is 0 Å². The van der Waals surface area contributed by atoms with Crippen molar-refractivity contribution in [1.29, 1.82) is 0 Å². The first-order valence-corrected chi connectivity index (χ1v) is 5.88. The van der Waals surface area contributed by atoms with Crippen LogP contribution in [0.1, 0.15) is 61.8 Å². The van der Waals surface area contributed by atoms with Gasteiger partial charge in [-0.3, -0.25) is 0 Å². The lowest BCUT2D eigenvalue weighted by Crippen LogP contribution is -2.10. The van der Waals surface area contributed by atoms with Gasteiger partial charge in [-0.05, 0) is 36.7 Å². The molecule has 0 aliphatic heterocycles. The van der Waals surface area contributed by atoms with Crippen molar-refractivity contribution in [2.75, 3.05) is 0 Å². The molecule has 0 aromatic carbocycles. The molecule has 0 saturated carbocycles. The van der Waals surface area contributed by atoms with Crippen molar-refractivity contribution in [1.82, 2.24) is 0 Å². The van der Waals surface area contributed by atoms with Gasteiger partial charge >= 0.3 is 0 Å². The molecule has 0 N–H and O–H groups in total. The Kier molecular flexibility index (Phi) is 4.83. The third kappa shape index (κ3) is 7.41. The largest absolute Gasteiger partial charge is 0.0803 e. The summed E-state index contributed by atoms with van der Waals surface area (Å²) in [6.07, 6.45) is 5.85. The van der Waals surface area contributed by atoms with Gasteiger partial charge in [0.2, 0.25) is 0 Å². The van der Waals surface area contributed by atoms with E-state index >= 15 is 0 Å². The molecule has 0 atom stereocenters. The smallest absolute Gasteiger partial charge is 0.0135 e. The zero-order valence-corrected chi connectivity index (χ0v) is 11.9. The lowest BCUT2D eigenvalue weighted by Gasteiger charge is -2.23. The van der Waals surface area contributed by atoms with Crippen LogP contribution in [0.15, 0.2) is 23.3 Å². The van der Waals surface area contributed by atoms with E-state index in [9.17, 15) is 0 Å². The molecule has 0 aliphatic carbocycles. The summed E-state index contributed by atoms with van der Waals surface area (Å²) in [5.74, 6) is 0. The van der Waals surface area contributed by atoms with E-state index < -0.39 is 0 Å². The monoisotopic (exact) mass is 208 g/mol. The van der Waals surface area contributed by atoms with Crippen molar-refractivity contribution in [3.8, 4) is 0 Å². The van der Waals surface area contributed by atoms with E-state index in [1.54, 1.807) is 0 Å². The van der Waals surface area contributed by atoms with Crippen LogP contribution in [0, 0.1) is 10.8 Å². The van der Waals surface area contributed by atoms with Crippen LogP contribution in [0.25, 0.3) is 0 Å². The first kappa shape index (κ1) is 14.5. The van der Waals surface area contributed by atoms with Gasteiger partial charge in [-0.2, -0.15) is 0 Å². The second kappa shape index (κ2) is 5.01. The van der Waals surface area contributed by atoms with E-state index in [0.717, 1.165) is 6.42 Å². The molecule has 0 unspecified atom stereocenters. The molecule has 0 heterocycles. The van der Waals surface area contributed by atoms with Crippen LogP contribution in [0.3, 0.4) is 0 Å². The highest BCUT2D eigenvalue weighted by Gasteiger charge is 2.16. The van der Waals surface area contributed by atoms with Crippen LogP contribution < -0.4 is 0 Å².